The molecule has 3 aromatic rings. The highest BCUT2D eigenvalue weighted by molar-refractivity contribution is 6.30. The summed E-state index contributed by atoms with van der Waals surface area (Å²) in [4.78, 5) is 12.3. The zero-order chi connectivity index (χ0) is 21.3. The molecule has 0 bridgehead atoms. The average Bonchev–Trinajstić information content (AvgIpc) is 2.78. The summed E-state index contributed by atoms with van der Waals surface area (Å²) in [6.45, 7) is 0.415. The van der Waals surface area contributed by atoms with E-state index in [-0.39, 0.29) is 5.91 Å². The number of halogens is 1. The van der Waals surface area contributed by atoms with Crippen LogP contribution in [0.3, 0.4) is 0 Å². The van der Waals surface area contributed by atoms with E-state index < -0.39 is 0 Å². The molecule has 154 valence electrons. The number of benzene rings is 3. The van der Waals surface area contributed by atoms with Crippen LogP contribution in [-0.2, 0) is 6.61 Å². The highest BCUT2D eigenvalue weighted by Crippen LogP contribution is 2.26. The lowest BCUT2D eigenvalue weighted by atomic mass is 10.2. The first-order valence-corrected chi connectivity index (χ1v) is 9.49. The molecular formula is C23H21ClN2O4. The molecule has 30 heavy (non-hydrogen) atoms. The van der Waals surface area contributed by atoms with Crippen molar-refractivity contribution in [3.63, 3.8) is 0 Å². The molecule has 0 aliphatic heterocycles. The normalized spacial score (nSPS) is 10.6. The summed E-state index contributed by atoms with van der Waals surface area (Å²) < 4.78 is 16.2. The van der Waals surface area contributed by atoms with Crippen LogP contribution in [0.1, 0.15) is 21.5 Å². The molecule has 0 atom stereocenters. The van der Waals surface area contributed by atoms with Crippen molar-refractivity contribution >= 4 is 23.7 Å². The topological polar surface area (TPSA) is 69.2 Å². The molecule has 3 rings (SSSR count). The standard InChI is InChI=1S/C23H21ClN2O4/c1-28-21-12-5-17(13-22(21)29-2)14-25-26-23(27)18-6-10-20(11-7-18)30-15-16-3-8-19(24)9-4-16/h3-14H,15H2,1-2H3,(H,26,27)/b25-14+. The summed E-state index contributed by atoms with van der Waals surface area (Å²) in [6, 6.07) is 19.6. The van der Waals surface area contributed by atoms with E-state index in [2.05, 4.69) is 10.5 Å². The number of rotatable bonds is 8. The number of methoxy groups -OCH3 is 2. The van der Waals surface area contributed by atoms with Crippen LogP contribution >= 0.6 is 11.6 Å². The Balaban J connectivity index is 1.54. The second-order valence-electron chi connectivity index (χ2n) is 6.25. The first-order valence-electron chi connectivity index (χ1n) is 9.12. The molecule has 0 aromatic heterocycles. The molecule has 6 nitrogen and oxygen atoms in total. The number of hydrazone groups is 1. The maximum Gasteiger partial charge on any atom is 0.271 e. The van der Waals surface area contributed by atoms with Gasteiger partial charge in [0.25, 0.3) is 5.91 Å². The van der Waals surface area contributed by atoms with Gasteiger partial charge in [0.15, 0.2) is 11.5 Å². The Morgan fingerprint density at radius 3 is 2.33 bits per heavy atom. The van der Waals surface area contributed by atoms with Gasteiger partial charge in [-0.1, -0.05) is 23.7 Å². The summed E-state index contributed by atoms with van der Waals surface area (Å²) >= 11 is 5.87. The maximum absolute atomic E-state index is 12.3. The van der Waals surface area contributed by atoms with Crippen LogP contribution in [-0.4, -0.2) is 26.3 Å². The van der Waals surface area contributed by atoms with Crippen LogP contribution in [0.2, 0.25) is 5.02 Å². The largest absolute Gasteiger partial charge is 0.493 e. The number of nitrogens with zero attached hydrogens (tertiary/aromatic N) is 1. The molecule has 0 saturated carbocycles. The maximum atomic E-state index is 12.3. The third-order valence-electron chi connectivity index (χ3n) is 4.22. The molecule has 0 unspecified atom stereocenters. The predicted octanol–water partition coefficient (Wildman–Crippen LogP) is 4.70. The van der Waals surface area contributed by atoms with Crippen LogP contribution < -0.4 is 19.6 Å². The van der Waals surface area contributed by atoms with Gasteiger partial charge in [-0.3, -0.25) is 4.79 Å². The van der Waals surface area contributed by atoms with Gasteiger partial charge >= 0.3 is 0 Å². The molecule has 0 spiro atoms. The van der Waals surface area contributed by atoms with Crippen LogP contribution in [0, 0.1) is 0 Å². The van der Waals surface area contributed by atoms with Crippen molar-refractivity contribution in [3.05, 3.63) is 88.4 Å². The summed E-state index contributed by atoms with van der Waals surface area (Å²) in [5.41, 5.74) is 4.74. The highest BCUT2D eigenvalue weighted by atomic mass is 35.5. The number of carbonyl (C=O) groups is 1. The second kappa shape index (κ2) is 10.3. The molecule has 0 fully saturated rings. The molecule has 7 heteroatoms. The van der Waals surface area contributed by atoms with Gasteiger partial charge in [0.1, 0.15) is 12.4 Å². The fraction of sp³-hybridized carbons (Fsp3) is 0.130. The quantitative estimate of drug-likeness (QED) is 0.420. The van der Waals surface area contributed by atoms with Crippen LogP contribution in [0.4, 0.5) is 0 Å². The smallest absolute Gasteiger partial charge is 0.271 e. The van der Waals surface area contributed by atoms with E-state index in [0.717, 1.165) is 11.1 Å². The Bertz CT molecular complexity index is 1020. The van der Waals surface area contributed by atoms with Gasteiger partial charge in [-0.25, -0.2) is 5.43 Å². The molecule has 0 aliphatic rings. The summed E-state index contributed by atoms with van der Waals surface area (Å²) in [6.07, 6.45) is 1.53. The Morgan fingerprint density at radius 2 is 1.67 bits per heavy atom. The minimum Gasteiger partial charge on any atom is -0.493 e. The average molecular weight is 425 g/mol. The number of amides is 1. The van der Waals surface area contributed by atoms with E-state index in [0.29, 0.717) is 34.4 Å². The van der Waals surface area contributed by atoms with Gasteiger partial charge < -0.3 is 14.2 Å². The van der Waals surface area contributed by atoms with E-state index in [1.807, 2.05) is 30.3 Å². The van der Waals surface area contributed by atoms with Gasteiger partial charge in [-0.2, -0.15) is 5.10 Å². The van der Waals surface area contributed by atoms with Crippen molar-refractivity contribution in [2.45, 2.75) is 6.61 Å². The molecular weight excluding hydrogens is 404 g/mol. The third-order valence-corrected chi connectivity index (χ3v) is 4.47. The van der Waals surface area contributed by atoms with Gasteiger partial charge in [0.2, 0.25) is 0 Å². The van der Waals surface area contributed by atoms with Crippen molar-refractivity contribution in [1.82, 2.24) is 5.43 Å². The van der Waals surface area contributed by atoms with E-state index >= 15 is 0 Å². The number of hydrogen-bond acceptors (Lipinski definition) is 5. The van der Waals surface area contributed by atoms with E-state index in [9.17, 15) is 4.79 Å². The fourth-order valence-corrected chi connectivity index (χ4v) is 2.74. The van der Waals surface area contributed by atoms with Crippen LogP contribution in [0.25, 0.3) is 0 Å². The highest BCUT2D eigenvalue weighted by Gasteiger charge is 2.06. The summed E-state index contributed by atoms with van der Waals surface area (Å²) in [5.74, 6) is 1.55. The van der Waals surface area contributed by atoms with E-state index in [4.69, 9.17) is 25.8 Å². The number of nitrogens with one attached hydrogen (secondary N) is 1. The van der Waals surface area contributed by atoms with Crippen molar-refractivity contribution in [1.29, 1.82) is 0 Å². The summed E-state index contributed by atoms with van der Waals surface area (Å²) in [7, 11) is 3.13. The number of ether oxygens (including phenoxy) is 3. The molecule has 0 saturated heterocycles. The van der Waals surface area contributed by atoms with Crippen LogP contribution in [0.15, 0.2) is 71.8 Å². The van der Waals surface area contributed by atoms with Gasteiger partial charge in [-0.15, -0.1) is 0 Å². The predicted molar refractivity (Wildman–Crippen MR) is 117 cm³/mol. The van der Waals surface area contributed by atoms with Crippen molar-refractivity contribution < 1.29 is 19.0 Å². The van der Waals surface area contributed by atoms with E-state index in [1.165, 1.54) is 6.21 Å². The fourth-order valence-electron chi connectivity index (χ4n) is 2.61. The molecule has 1 amide bonds. The van der Waals surface area contributed by atoms with E-state index in [1.54, 1.807) is 50.6 Å². The lowest BCUT2D eigenvalue weighted by molar-refractivity contribution is 0.0955. The number of hydrogen-bond donors (Lipinski definition) is 1. The van der Waals surface area contributed by atoms with Crippen molar-refractivity contribution in [2.24, 2.45) is 5.10 Å². The second-order valence-corrected chi connectivity index (χ2v) is 6.69. The molecule has 0 heterocycles. The Morgan fingerprint density at radius 1 is 0.967 bits per heavy atom. The first-order chi connectivity index (χ1) is 14.6. The first kappa shape index (κ1) is 21.2. The molecule has 0 aliphatic carbocycles. The third kappa shape index (κ3) is 5.75. The zero-order valence-corrected chi connectivity index (χ0v) is 17.3. The Labute approximate surface area is 180 Å². The van der Waals surface area contributed by atoms with Crippen molar-refractivity contribution in [2.75, 3.05) is 14.2 Å². The minimum atomic E-state index is -0.323. The van der Waals surface area contributed by atoms with Crippen molar-refractivity contribution in [3.8, 4) is 17.2 Å². The lowest BCUT2D eigenvalue weighted by Gasteiger charge is -2.08. The van der Waals surface area contributed by atoms with Crippen LogP contribution in [0.5, 0.6) is 17.2 Å². The zero-order valence-electron chi connectivity index (χ0n) is 16.6. The molecule has 1 N–H and O–H groups in total. The summed E-state index contributed by atoms with van der Waals surface area (Å²) in [5, 5.41) is 4.67. The number of carbonyl (C=O) groups excluding carboxylic acids is 1. The molecule has 0 radical (unpaired) electrons. The van der Waals surface area contributed by atoms with Gasteiger partial charge in [0, 0.05) is 10.6 Å². The Kier molecular flexibility index (Phi) is 7.29. The minimum absolute atomic E-state index is 0.323. The Hall–Kier alpha value is -3.51. The molecule has 3 aromatic carbocycles. The van der Waals surface area contributed by atoms with Gasteiger partial charge in [-0.05, 0) is 65.7 Å². The monoisotopic (exact) mass is 424 g/mol. The van der Waals surface area contributed by atoms with Gasteiger partial charge in [0.05, 0.1) is 20.4 Å². The lowest BCUT2D eigenvalue weighted by Crippen LogP contribution is -2.17. The SMILES string of the molecule is COc1ccc(/C=N/NC(=O)c2ccc(OCc3ccc(Cl)cc3)cc2)cc1OC.